The molecule has 1 aliphatic rings. The topological polar surface area (TPSA) is 73.7 Å². The molecular weight excluding hydrogens is 461 g/mol. The van der Waals surface area contributed by atoms with Crippen LogP contribution in [0.3, 0.4) is 0 Å². The fourth-order valence-electron chi connectivity index (χ4n) is 3.60. The zero-order valence-electron chi connectivity index (χ0n) is 17.1. The second kappa shape index (κ2) is 9.34. The number of aromatic nitrogens is 2. The van der Waals surface area contributed by atoms with Gasteiger partial charge in [-0.05, 0) is 36.8 Å². The van der Waals surface area contributed by atoms with E-state index < -0.39 is 10.0 Å². The predicted octanol–water partition coefficient (Wildman–Crippen LogP) is 4.35. The number of hydrogen-bond donors (Lipinski definition) is 0. The first-order valence-corrected chi connectivity index (χ1v) is 12.2. The van der Waals surface area contributed by atoms with Crippen LogP contribution in [0.25, 0.3) is 11.0 Å². The molecule has 0 radical (unpaired) electrons. The second-order valence-corrected chi connectivity index (χ2v) is 9.94. The van der Waals surface area contributed by atoms with Crippen molar-refractivity contribution >= 4 is 44.3 Å². The Kier molecular flexibility index (Phi) is 6.74. The Balaban J connectivity index is 1.67. The van der Waals surface area contributed by atoms with Crippen LogP contribution in [0.15, 0.2) is 41.3 Å². The fraction of sp³-hybridized carbons (Fsp3) is 0.381. The van der Waals surface area contributed by atoms with Gasteiger partial charge in [0.1, 0.15) is 12.4 Å². The van der Waals surface area contributed by atoms with Gasteiger partial charge in [0.15, 0.2) is 5.75 Å². The van der Waals surface area contributed by atoms with E-state index in [1.54, 1.807) is 36.4 Å². The highest BCUT2D eigenvalue weighted by Gasteiger charge is 2.27. The van der Waals surface area contributed by atoms with Crippen molar-refractivity contribution in [2.75, 3.05) is 26.3 Å². The number of fused-ring (bicyclic) bond motifs is 1. The summed E-state index contributed by atoms with van der Waals surface area (Å²) in [6.45, 7) is 4.45. The molecule has 1 saturated heterocycles. The van der Waals surface area contributed by atoms with Crippen molar-refractivity contribution < 1.29 is 17.9 Å². The molecule has 166 valence electrons. The van der Waals surface area contributed by atoms with Crippen molar-refractivity contribution in [3.63, 3.8) is 0 Å². The van der Waals surface area contributed by atoms with Crippen LogP contribution in [0, 0.1) is 0 Å². The molecule has 0 N–H and O–H groups in total. The van der Waals surface area contributed by atoms with Crippen molar-refractivity contribution in [3.05, 3.63) is 52.3 Å². The van der Waals surface area contributed by atoms with E-state index in [-0.39, 0.29) is 11.5 Å². The largest absolute Gasteiger partial charge is 0.483 e. The number of hydrogen-bond acceptors (Lipinski definition) is 5. The molecule has 0 unspecified atom stereocenters. The zero-order chi connectivity index (χ0) is 22.0. The molecule has 0 atom stereocenters. The number of rotatable bonds is 7. The lowest BCUT2D eigenvalue weighted by Crippen LogP contribution is -2.40. The first-order chi connectivity index (χ1) is 14.9. The second-order valence-electron chi connectivity index (χ2n) is 7.19. The molecule has 0 bridgehead atoms. The predicted molar refractivity (Wildman–Crippen MR) is 120 cm³/mol. The van der Waals surface area contributed by atoms with E-state index in [2.05, 4.69) is 11.9 Å². The molecule has 7 nitrogen and oxygen atoms in total. The van der Waals surface area contributed by atoms with Crippen molar-refractivity contribution in [1.82, 2.24) is 13.9 Å². The third-order valence-corrected chi connectivity index (χ3v) is 7.61. The number of morpholine rings is 1. The Morgan fingerprint density at radius 1 is 1.13 bits per heavy atom. The third kappa shape index (κ3) is 4.54. The molecule has 0 saturated carbocycles. The first-order valence-electron chi connectivity index (χ1n) is 10.1. The van der Waals surface area contributed by atoms with Crippen molar-refractivity contribution in [2.24, 2.45) is 0 Å². The molecule has 3 aromatic rings. The molecule has 2 heterocycles. The quantitative estimate of drug-likeness (QED) is 0.499. The maximum Gasteiger partial charge on any atom is 0.243 e. The van der Waals surface area contributed by atoms with Gasteiger partial charge in [-0.3, -0.25) is 0 Å². The van der Waals surface area contributed by atoms with Crippen LogP contribution >= 0.6 is 23.2 Å². The summed E-state index contributed by atoms with van der Waals surface area (Å²) in [6.07, 6.45) is 0.888. The zero-order valence-corrected chi connectivity index (χ0v) is 19.4. The van der Waals surface area contributed by atoms with E-state index >= 15 is 0 Å². The molecule has 0 spiro atoms. The normalized spacial score (nSPS) is 15.5. The van der Waals surface area contributed by atoms with Crippen molar-refractivity contribution in [3.8, 4) is 5.75 Å². The maximum atomic E-state index is 13.0. The Bertz CT molecular complexity index is 1170. The number of aryl methyl sites for hydroxylation is 1. The van der Waals surface area contributed by atoms with E-state index in [1.165, 1.54) is 4.31 Å². The van der Waals surface area contributed by atoms with Crippen LogP contribution in [-0.2, 0) is 27.9 Å². The number of nitrogens with zero attached hydrogens (tertiary/aromatic N) is 3. The van der Waals surface area contributed by atoms with Crippen LogP contribution in [0.5, 0.6) is 5.75 Å². The number of imidazole rings is 1. The minimum atomic E-state index is -3.60. The van der Waals surface area contributed by atoms with Crippen LogP contribution in [-0.4, -0.2) is 48.6 Å². The summed E-state index contributed by atoms with van der Waals surface area (Å²) in [5, 5.41) is 0.842. The summed E-state index contributed by atoms with van der Waals surface area (Å²) in [6, 6.07) is 10.2. The summed E-state index contributed by atoms with van der Waals surface area (Å²) in [5.41, 5.74) is 1.46. The van der Waals surface area contributed by atoms with Gasteiger partial charge >= 0.3 is 0 Å². The lowest BCUT2D eigenvalue weighted by Gasteiger charge is -2.26. The van der Waals surface area contributed by atoms with Gasteiger partial charge in [-0.25, -0.2) is 13.4 Å². The lowest BCUT2D eigenvalue weighted by molar-refractivity contribution is 0.0730. The highest BCUT2D eigenvalue weighted by molar-refractivity contribution is 7.89. The highest BCUT2D eigenvalue weighted by Crippen LogP contribution is 2.33. The van der Waals surface area contributed by atoms with Crippen LogP contribution in [0.1, 0.15) is 19.2 Å². The average molecular weight is 484 g/mol. The standard InChI is InChI=1S/C21H23Cl2N3O4S/c1-2-8-26-19-7-6-15(31(27,28)25-9-11-29-12-10-25)13-18(19)24-20(26)14-30-21-16(22)4-3-5-17(21)23/h3-7,13H,2,8-12,14H2,1H3. The van der Waals surface area contributed by atoms with Gasteiger partial charge in [0.25, 0.3) is 0 Å². The Morgan fingerprint density at radius 3 is 2.52 bits per heavy atom. The average Bonchev–Trinajstić information content (AvgIpc) is 3.11. The van der Waals surface area contributed by atoms with E-state index in [0.717, 1.165) is 18.5 Å². The smallest absolute Gasteiger partial charge is 0.243 e. The summed E-state index contributed by atoms with van der Waals surface area (Å²) < 4.78 is 40.7. The Labute approximate surface area is 191 Å². The molecule has 0 aliphatic carbocycles. The number of halogens is 2. The van der Waals surface area contributed by atoms with Gasteiger partial charge in [0.2, 0.25) is 10.0 Å². The van der Waals surface area contributed by atoms with Crippen molar-refractivity contribution in [1.29, 1.82) is 0 Å². The fourth-order valence-corrected chi connectivity index (χ4v) is 5.53. The van der Waals surface area contributed by atoms with Gasteiger partial charge < -0.3 is 14.0 Å². The van der Waals surface area contributed by atoms with Gasteiger partial charge in [-0.2, -0.15) is 4.31 Å². The van der Waals surface area contributed by atoms with E-state index in [1.807, 2.05) is 4.57 Å². The highest BCUT2D eigenvalue weighted by atomic mass is 35.5. The Morgan fingerprint density at radius 2 is 1.84 bits per heavy atom. The van der Waals surface area contributed by atoms with Crippen LogP contribution in [0.2, 0.25) is 10.0 Å². The molecule has 4 rings (SSSR count). The number of sulfonamides is 1. The monoisotopic (exact) mass is 483 g/mol. The van der Waals surface area contributed by atoms with E-state index in [0.29, 0.717) is 53.4 Å². The van der Waals surface area contributed by atoms with Gasteiger partial charge in [-0.15, -0.1) is 0 Å². The number of para-hydroxylation sites is 1. The molecule has 0 amide bonds. The summed E-state index contributed by atoms with van der Waals surface area (Å²) in [7, 11) is -3.60. The van der Waals surface area contributed by atoms with Gasteiger partial charge in [0.05, 0.1) is 39.2 Å². The van der Waals surface area contributed by atoms with Crippen molar-refractivity contribution in [2.45, 2.75) is 31.4 Å². The SMILES string of the molecule is CCCn1c(COc2c(Cl)cccc2Cl)nc2cc(S(=O)(=O)N3CCOCC3)ccc21. The molecule has 1 aromatic heterocycles. The molecule has 2 aromatic carbocycles. The van der Waals surface area contributed by atoms with E-state index in [9.17, 15) is 8.42 Å². The van der Waals surface area contributed by atoms with Gasteiger partial charge in [0, 0.05) is 19.6 Å². The summed E-state index contributed by atoms with van der Waals surface area (Å²) in [4.78, 5) is 4.90. The minimum absolute atomic E-state index is 0.156. The molecule has 10 heteroatoms. The number of benzene rings is 2. The minimum Gasteiger partial charge on any atom is -0.483 e. The van der Waals surface area contributed by atoms with Crippen LogP contribution in [0.4, 0.5) is 0 Å². The Hall–Kier alpha value is -1.84. The molecule has 31 heavy (non-hydrogen) atoms. The molecular formula is C21H23Cl2N3O4S. The lowest BCUT2D eigenvalue weighted by atomic mass is 10.3. The molecule has 1 aliphatic heterocycles. The number of ether oxygens (including phenoxy) is 2. The maximum absolute atomic E-state index is 13.0. The summed E-state index contributed by atoms with van der Waals surface area (Å²) >= 11 is 12.4. The third-order valence-electron chi connectivity index (χ3n) is 5.12. The first kappa shape index (κ1) is 22.4. The van der Waals surface area contributed by atoms with E-state index in [4.69, 9.17) is 32.7 Å². The van der Waals surface area contributed by atoms with Crippen LogP contribution < -0.4 is 4.74 Å². The summed E-state index contributed by atoms with van der Waals surface area (Å²) in [5.74, 6) is 1.07. The van der Waals surface area contributed by atoms with Gasteiger partial charge in [-0.1, -0.05) is 36.2 Å². The molecule has 1 fully saturated rings.